The summed E-state index contributed by atoms with van der Waals surface area (Å²) >= 11 is 1.46. The summed E-state index contributed by atoms with van der Waals surface area (Å²) in [5.41, 5.74) is 1.50. The van der Waals surface area contributed by atoms with Crippen LogP contribution in [0.1, 0.15) is 57.5 Å². The van der Waals surface area contributed by atoms with E-state index in [1.807, 2.05) is 28.5 Å². The SMILES string of the molecule is O=C(NC1CCCN(C(=O)c2cccs2)C1)c1cc(C2CC2)[nH]n1. The molecular formula is C17H20N4O2S. The Morgan fingerprint density at radius 2 is 2.21 bits per heavy atom. The first-order valence-electron chi connectivity index (χ1n) is 8.39. The van der Waals surface area contributed by atoms with Gasteiger partial charge >= 0.3 is 0 Å². The Balaban J connectivity index is 1.37. The van der Waals surface area contributed by atoms with Crippen LogP contribution in [0.5, 0.6) is 0 Å². The smallest absolute Gasteiger partial charge is 0.272 e. The number of rotatable bonds is 4. The minimum atomic E-state index is -0.159. The number of carbonyl (C=O) groups excluding carboxylic acids is 2. The Morgan fingerprint density at radius 3 is 2.96 bits per heavy atom. The molecule has 0 spiro atoms. The monoisotopic (exact) mass is 344 g/mol. The van der Waals surface area contributed by atoms with E-state index in [2.05, 4.69) is 15.5 Å². The molecule has 4 rings (SSSR count). The molecule has 1 saturated heterocycles. The lowest BCUT2D eigenvalue weighted by Gasteiger charge is -2.32. The molecule has 1 aliphatic carbocycles. The second-order valence-corrected chi connectivity index (χ2v) is 7.47. The van der Waals surface area contributed by atoms with Crippen LogP contribution in [0.3, 0.4) is 0 Å². The molecule has 0 radical (unpaired) electrons. The number of hydrogen-bond acceptors (Lipinski definition) is 4. The van der Waals surface area contributed by atoms with Crippen molar-refractivity contribution in [1.82, 2.24) is 20.4 Å². The fourth-order valence-electron chi connectivity index (χ4n) is 3.15. The Hall–Kier alpha value is -2.15. The van der Waals surface area contributed by atoms with E-state index in [9.17, 15) is 9.59 Å². The van der Waals surface area contributed by atoms with Crippen LogP contribution in [0.15, 0.2) is 23.6 Å². The number of thiophene rings is 1. The van der Waals surface area contributed by atoms with E-state index in [0.29, 0.717) is 18.2 Å². The zero-order valence-corrected chi connectivity index (χ0v) is 14.1. The zero-order chi connectivity index (χ0) is 16.5. The second-order valence-electron chi connectivity index (χ2n) is 6.52. The first-order valence-corrected chi connectivity index (χ1v) is 9.27. The summed E-state index contributed by atoms with van der Waals surface area (Å²) in [6.07, 6.45) is 4.13. The van der Waals surface area contributed by atoms with Gasteiger partial charge in [-0.1, -0.05) is 6.07 Å². The topological polar surface area (TPSA) is 78.1 Å². The van der Waals surface area contributed by atoms with Crippen molar-refractivity contribution in [2.24, 2.45) is 0 Å². The maximum absolute atomic E-state index is 12.5. The molecule has 1 atom stereocenters. The molecule has 2 N–H and O–H groups in total. The van der Waals surface area contributed by atoms with Crippen LogP contribution in [0, 0.1) is 0 Å². The third kappa shape index (κ3) is 3.21. The van der Waals surface area contributed by atoms with Gasteiger partial charge in [0.2, 0.25) is 0 Å². The molecule has 1 saturated carbocycles. The van der Waals surface area contributed by atoms with Crippen molar-refractivity contribution in [3.05, 3.63) is 39.8 Å². The number of nitrogens with zero attached hydrogens (tertiary/aromatic N) is 2. The first-order chi connectivity index (χ1) is 11.7. The van der Waals surface area contributed by atoms with Gasteiger partial charge in [0.05, 0.1) is 4.88 Å². The molecule has 2 fully saturated rings. The van der Waals surface area contributed by atoms with Gasteiger partial charge in [0.1, 0.15) is 5.69 Å². The van der Waals surface area contributed by atoms with Gasteiger partial charge in [-0.25, -0.2) is 0 Å². The van der Waals surface area contributed by atoms with Gasteiger partial charge in [0.15, 0.2) is 0 Å². The Kier molecular flexibility index (Phi) is 4.10. The summed E-state index contributed by atoms with van der Waals surface area (Å²) in [5, 5.41) is 12.0. The molecule has 126 valence electrons. The lowest BCUT2D eigenvalue weighted by molar-refractivity contribution is 0.0679. The molecule has 2 aliphatic rings. The highest BCUT2D eigenvalue weighted by atomic mass is 32.1. The van der Waals surface area contributed by atoms with Gasteiger partial charge < -0.3 is 10.2 Å². The molecule has 1 aliphatic heterocycles. The minimum absolute atomic E-state index is 0.0174. The van der Waals surface area contributed by atoms with Gasteiger partial charge in [-0.3, -0.25) is 14.7 Å². The number of amides is 2. The molecular weight excluding hydrogens is 324 g/mol. The molecule has 1 unspecified atom stereocenters. The molecule has 2 amide bonds. The number of aromatic nitrogens is 2. The predicted octanol–water partition coefficient (Wildman–Crippen LogP) is 2.38. The number of H-pyrrole nitrogens is 1. The van der Waals surface area contributed by atoms with E-state index in [1.54, 1.807) is 0 Å². The van der Waals surface area contributed by atoms with Gasteiger partial charge in [-0.2, -0.15) is 5.10 Å². The number of carbonyl (C=O) groups is 2. The molecule has 7 heteroatoms. The quantitative estimate of drug-likeness (QED) is 0.894. The summed E-state index contributed by atoms with van der Waals surface area (Å²) in [5.74, 6) is 0.445. The lowest BCUT2D eigenvalue weighted by atomic mass is 10.1. The minimum Gasteiger partial charge on any atom is -0.346 e. The van der Waals surface area contributed by atoms with Gasteiger partial charge in [-0.05, 0) is 43.2 Å². The van der Waals surface area contributed by atoms with E-state index in [-0.39, 0.29) is 17.9 Å². The van der Waals surface area contributed by atoms with E-state index < -0.39 is 0 Å². The normalized spacial score (nSPS) is 20.8. The van der Waals surface area contributed by atoms with Crippen LogP contribution in [-0.2, 0) is 0 Å². The Labute approximate surface area is 144 Å². The van der Waals surface area contributed by atoms with Crippen molar-refractivity contribution in [1.29, 1.82) is 0 Å². The van der Waals surface area contributed by atoms with Crippen molar-refractivity contribution >= 4 is 23.2 Å². The highest BCUT2D eigenvalue weighted by Gasteiger charge is 2.29. The fraction of sp³-hybridized carbons (Fsp3) is 0.471. The van der Waals surface area contributed by atoms with Crippen molar-refractivity contribution in [3.8, 4) is 0 Å². The van der Waals surface area contributed by atoms with E-state index in [4.69, 9.17) is 0 Å². The maximum atomic E-state index is 12.5. The number of nitrogens with one attached hydrogen (secondary N) is 2. The maximum Gasteiger partial charge on any atom is 0.272 e. The Morgan fingerprint density at radius 1 is 1.33 bits per heavy atom. The standard InChI is InChI=1S/C17H20N4O2S/c22-16(14-9-13(19-20-14)11-5-6-11)18-12-3-1-7-21(10-12)17(23)15-4-2-8-24-15/h2,4,8-9,11-12H,1,3,5-7,10H2,(H,18,22)(H,19,20). The van der Waals surface area contributed by atoms with Crippen LogP contribution in [-0.4, -0.2) is 46.0 Å². The lowest BCUT2D eigenvalue weighted by Crippen LogP contribution is -2.49. The van der Waals surface area contributed by atoms with Gasteiger partial charge in [-0.15, -0.1) is 11.3 Å². The predicted molar refractivity (Wildman–Crippen MR) is 91.3 cm³/mol. The number of hydrogen-bond donors (Lipinski definition) is 2. The summed E-state index contributed by atoms with van der Waals surface area (Å²) in [4.78, 5) is 27.4. The van der Waals surface area contributed by atoms with E-state index in [0.717, 1.165) is 30.0 Å². The van der Waals surface area contributed by atoms with Crippen LogP contribution < -0.4 is 5.32 Å². The molecule has 3 heterocycles. The third-order valence-electron chi connectivity index (χ3n) is 4.62. The van der Waals surface area contributed by atoms with E-state index in [1.165, 1.54) is 24.2 Å². The molecule has 6 nitrogen and oxygen atoms in total. The summed E-state index contributed by atoms with van der Waals surface area (Å²) in [6, 6.07) is 5.56. The summed E-state index contributed by atoms with van der Waals surface area (Å²) in [7, 11) is 0. The summed E-state index contributed by atoms with van der Waals surface area (Å²) in [6.45, 7) is 1.31. The van der Waals surface area contributed by atoms with Crippen LogP contribution in [0.4, 0.5) is 0 Å². The molecule has 2 aromatic heterocycles. The highest BCUT2D eigenvalue weighted by molar-refractivity contribution is 7.12. The average molecular weight is 344 g/mol. The van der Waals surface area contributed by atoms with Crippen molar-refractivity contribution < 1.29 is 9.59 Å². The third-order valence-corrected chi connectivity index (χ3v) is 5.48. The largest absolute Gasteiger partial charge is 0.346 e. The van der Waals surface area contributed by atoms with Crippen molar-refractivity contribution in [2.45, 2.75) is 37.6 Å². The van der Waals surface area contributed by atoms with Crippen LogP contribution in [0.2, 0.25) is 0 Å². The van der Waals surface area contributed by atoms with Crippen LogP contribution in [0.25, 0.3) is 0 Å². The molecule has 0 aromatic carbocycles. The zero-order valence-electron chi connectivity index (χ0n) is 13.3. The number of likely N-dealkylation sites (tertiary alicyclic amines) is 1. The van der Waals surface area contributed by atoms with Gasteiger partial charge in [0.25, 0.3) is 11.8 Å². The molecule has 0 bridgehead atoms. The van der Waals surface area contributed by atoms with E-state index >= 15 is 0 Å². The number of aromatic amines is 1. The molecule has 2 aromatic rings. The molecule has 24 heavy (non-hydrogen) atoms. The van der Waals surface area contributed by atoms with Crippen molar-refractivity contribution in [3.63, 3.8) is 0 Å². The fourth-order valence-corrected chi connectivity index (χ4v) is 3.84. The van der Waals surface area contributed by atoms with Crippen molar-refractivity contribution in [2.75, 3.05) is 13.1 Å². The first kappa shape index (κ1) is 15.4. The van der Waals surface area contributed by atoms with Crippen LogP contribution >= 0.6 is 11.3 Å². The highest BCUT2D eigenvalue weighted by Crippen LogP contribution is 2.38. The summed E-state index contributed by atoms with van der Waals surface area (Å²) < 4.78 is 0. The second kappa shape index (κ2) is 6.39. The average Bonchev–Trinajstić information content (AvgIpc) is 3.11. The number of piperidine rings is 1. The Bertz CT molecular complexity index is 736. The van der Waals surface area contributed by atoms with Gasteiger partial charge in [0, 0.05) is 30.7 Å².